The molecule has 0 bridgehead atoms. The molecule has 2 aliphatic rings. The van der Waals surface area contributed by atoms with E-state index in [0.717, 1.165) is 18.9 Å². The van der Waals surface area contributed by atoms with Crippen LogP contribution in [0.5, 0.6) is 0 Å². The molecule has 2 heteroatoms. The van der Waals surface area contributed by atoms with Crippen LogP contribution in [0, 0.1) is 11.3 Å². The number of rotatable bonds is 2. The van der Waals surface area contributed by atoms with Gasteiger partial charge in [-0.05, 0) is 37.1 Å². The molecule has 88 valence electrons. The average Bonchev–Trinajstić information content (AvgIpc) is 2.65. The average molecular weight is 211 g/mol. The minimum Gasteiger partial charge on any atom is -0.391 e. The van der Waals surface area contributed by atoms with E-state index >= 15 is 0 Å². The van der Waals surface area contributed by atoms with Gasteiger partial charge in [-0.2, -0.15) is 0 Å². The van der Waals surface area contributed by atoms with E-state index in [1.807, 2.05) is 0 Å². The highest BCUT2D eigenvalue weighted by Gasteiger charge is 2.34. The van der Waals surface area contributed by atoms with E-state index in [0.29, 0.717) is 0 Å². The van der Waals surface area contributed by atoms with Crippen LogP contribution in [-0.2, 0) is 0 Å². The van der Waals surface area contributed by atoms with Crippen LogP contribution in [0.4, 0.5) is 0 Å². The monoisotopic (exact) mass is 211 g/mol. The van der Waals surface area contributed by atoms with Gasteiger partial charge in [-0.25, -0.2) is 0 Å². The minimum absolute atomic E-state index is 0.131. The number of nitrogens with zero attached hydrogens (tertiary/aromatic N) is 1. The second-order valence-electron chi connectivity index (χ2n) is 6.16. The molecule has 2 rings (SSSR count). The summed E-state index contributed by atoms with van der Waals surface area (Å²) < 4.78 is 0. The third-order valence-corrected chi connectivity index (χ3v) is 4.40. The molecular weight excluding hydrogens is 186 g/mol. The van der Waals surface area contributed by atoms with Crippen LogP contribution in [-0.4, -0.2) is 35.7 Å². The molecule has 2 fully saturated rings. The van der Waals surface area contributed by atoms with Crippen LogP contribution in [0.2, 0.25) is 0 Å². The highest BCUT2D eigenvalue weighted by Crippen LogP contribution is 2.32. The fraction of sp³-hybridized carbons (Fsp3) is 1.00. The molecule has 0 radical (unpaired) electrons. The van der Waals surface area contributed by atoms with Crippen LogP contribution < -0.4 is 0 Å². The molecular formula is C13H25NO. The Labute approximate surface area is 93.7 Å². The topological polar surface area (TPSA) is 23.5 Å². The summed E-state index contributed by atoms with van der Waals surface area (Å²) in [5, 5.41) is 10.0. The van der Waals surface area contributed by atoms with Gasteiger partial charge >= 0.3 is 0 Å². The predicted molar refractivity (Wildman–Crippen MR) is 62.8 cm³/mol. The molecule has 2 nitrogen and oxygen atoms in total. The van der Waals surface area contributed by atoms with Gasteiger partial charge in [0.15, 0.2) is 0 Å². The van der Waals surface area contributed by atoms with Crippen molar-refractivity contribution in [3.63, 3.8) is 0 Å². The van der Waals surface area contributed by atoms with Crippen LogP contribution in [0.25, 0.3) is 0 Å². The summed E-state index contributed by atoms with van der Waals surface area (Å²) in [6.45, 7) is 7.67. The lowest BCUT2D eigenvalue weighted by molar-refractivity contribution is -0.0291. The zero-order valence-electron chi connectivity index (χ0n) is 10.2. The van der Waals surface area contributed by atoms with Gasteiger partial charge in [-0.3, -0.25) is 0 Å². The van der Waals surface area contributed by atoms with Crippen molar-refractivity contribution in [2.24, 2.45) is 11.3 Å². The van der Waals surface area contributed by atoms with Crippen molar-refractivity contribution in [2.75, 3.05) is 19.6 Å². The molecule has 0 aromatic carbocycles. The Kier molecular flexibility index (Phi) is 3.36. The lowest BCUT2D eigenvalue weighted by Crippen LogP contribution is -2.49. The van der Waals surface area contributed by atoms with Crippen LogP contribution >= 0.6 is 0 Å². The number of aliphatic hydroxyl groups is 1. The maximum atomic E-state index is 10.0. The molecule has 1 N–H and O–H groups in total. The quantitative estimate of drug-likeness (QED) is 0.757. The van der Waals surface area contributed by atoms with Gasteiger partial charge in [0.05, 0.1) is 6.10 Å². The second-order valence-corrected chi connectivity index (χ2v) is 6.16. The second kappa shape index (κ2) is 4.42. The molecule has 1 aliphatic carbocycles. The van der Waals surface area contributed by atoms with Crippen LogP contribution in [0.3, 0.4) is 0 Å². The van der Waals surface area contributed by atoms with E-state index in [4.69, 9.17) is 0 Å². The lowest BCUT2D eigenvalue weighted by atomic mass is 9.80. The summed E-state index contributed by atoms with van der Waals surface area (Å²) in [6, 6.07) is 0. The summed E-state index contributed by atoms with van der Waals surface area (Å²) in [5.74, 6) is 0.915. The molecule has 0 amide bonds. The van der Waals surface area contributed by atoms with E-state index in [1.54, 1.807) is 0 Å². The fourth-order valence-electron chi connectivity index (χ4n) is 2.92. The van der Waals surface area contributed by atoms with Crippen molar-refractivity contribution in [1.29, 1.82) is 0 Å². The highest BCUT2D eigenvalue weighted by molar-refractivity contribution is 4.87. The molecule has 1 saturated heterocycles. The van der Waals surface area contributed by atoms with Gasteiger partial charge in [-0.1, -0.05) is 26.7 Å². The van der Waals surface area contributed by atoms with Crippen molar-refractivity contribution < 1.29 is 5.11 Å². The van der Waals surface area contributed by atoms with Crippen molar-refractivity contribution in [3.8, 4) is 0 Å². The standard InChI is InChI=1S/C13H25NO/c1-13(2)7-8-14(10-12(13)15)9-11-5-3-4-6-11/h11-12,15H,3-10H2,1-2H3. The Morgan fingerprint density at radius 2 is 1.93 bits per heavy atom. The SMILES string of the molecule is CC1(C)CCN(CC2CCCC2)CC1O. The first-order valence-corrected chi connectivity index (χ1v) is 6.48. The van der Waals surface area contributed by atoms with Crippen molar-refractivity contribution in [2.45, 2.75) is 52.1 Å². The van der Waals surface area contributed by atoms with E-state index in [1.165, 1.54) is 38.8 Å². The maximum absolute atomic E-state index is 10.0. The largest absolute Gasteiger partial charge is 0.391 e. The first-order valence-electron chi connectivity index (χ1n) is 6.48. The third-order valence-electron chi connectivity index (χ3n) is 4.40. The molecule has 0 aromatic heterocycles. The van der Waals surface area contributed by atoms with Crippen molar-refractivity contribution in [1.82, 2.24) is 4.90 Å². The van der Waals surface area contributed by atoms with Gasteiger partial charge < -0.3 is 10.0 Å². The predicted octanol–water partition coefficient (Wildman–Crippen LogP) is 2.27. The zero-order chi connectivity index (χ0) is 10.9. The number of hydrogen-bond donors (Lipinski definition) is 1. The molecule has 1 unspecified atom stereocenters. The maximum Gasteiger partial charge on any atom is 0.0718 e. The van der Waals surface area contributed by atoms with Crippen molar-refractivity contribution >= 4 is 0 Å². The summed E-state index contributed by atoms with van der Waals surface area (Å²) >= 11 is 0. The summed E-state index contributed by atoms with van der Waals surface area (Å²) in [5.41, 5.74) is 0.131. The summed E-state index contributed by atoms with van der Waals surface area (Å²) in [6.07, 6.45) is 6.68. The molecule has 0 spiro atoms. The minimum atomic E-state index is -0.132. The molecule has 0 aromatic rings. The van der Waals surface area contributed by atoms with Crippen LogP contribution in [0.15, 0.2) is 0 Å². The fourth-order valence-corrected chi connectivity index (χ4v) is 2.92. The number of hydrogen-bond acceptors (Lipinski definition) is 2. The first-order chi connectivity index (χ1) is 7.08. The first kappa shape index (κ1) is 11.4. The van der Waals surface area contributed by atoms with E-state index in [2.05, 4.69) is 18.7 Å². The van der Waals surface area contributed by atoms with E-state index < -0.39 is 0 Å². The molecule has 1 aliphatic heterocycles. The molecule has 1 saturated carbocycles. The Bertz CT molecular complexity index is 207. The number of aliphatic hydroxyl groups excluding tert-OH is 1. The zero-order valence-corrected chi connectivity index (χ0v) is 10.2. The normalized spacial score (nSPS) is 33.4. The van der Waals surface area contributed by atoms with Gasteiger partial charge in [0.1, 0.15) is 0 Å². The van der Waals surface area contributed by atoms with Gasteiger partial charge in [0.2, 0.25) is 0 Å². The number of piperidine rings is 1. The lowest BCUT2D eigenvalue weighted by Gasteiger charge is -2.42. The summed E-state index contributed by atoms with van der Waals surface area (Å²) in [4.78, 5) is 2.48. The third kappa shape index (κ3) is 2.73. The Balaban J connectivity index is 1.80. The Morgan fingerprint density at radius 1 is 1.27 bits per heavy atom. The van der Waals surface area contributed by atoms with Gasteiger partial charge in [0, 0.05) is 13.1 Å². The molecule has 1 atom stereocenters. The highest BCUT2D eigenvalue weighted by atomic mass is 16.3. The smallest absolute Gasteiger partial charge is 0.0718 e. The number of β-amino-alcohol motifs (C(OH)–C–C–N with tert-alkyl or cyclic N) is 1. The van der Waals surface area contributed by atoms with Crippen LogP contribution in [0.1, 0.15) is 46.0 Å². The van der Waals surface area contributed by atoms with Gasteiger partial charge in [0.25, 0.3) is 0 Å². The number of likely N-dealkylation sites (tertiary alicyclic amines) is 1. The summed E-state index contributed by atoms with van der Waals surface area (Å²) in [7, 11) is 0. The van der Waals surface area contributed by atoms with E-state index in [-0.39, 0.29) is 11.5 Å². The Hall–Kier alpha value is -0.0800. The van der Waals surface area contributed by atoms with E-state index in [9.17, 15) is 5.11 Å². The molecule has 1 heterocycles. The molecule has 15 heavy (non-hydrogen) atoms. The van der Waals surface area contributed by atoms with Crippen molar-refractivity contribution in [3.05, 3.63) is 0 Å². The van der Waals surface area contributed by atoms with Gasteiger partial charge in [-0.15, -0.1) is 0 Å². The Morgan fingerprint density at radius 3 is 2.53 bits per heavy atom.